The molecular weight excluding hydrogens is 268 g/mol. The zero-order valence-electron chi connectivity index (χ0n) is 10.3. The molecule has 0 aliphatic rings. The van der Waals surface area contributed by atoms with Crippen molar-refractivity contribution in [1.82, 2.24) is 20.2 Å². The Morgan fingerprint density at radius 2 is 1.95 bits per heavy atom. The summed E-state index contributed by atoms with van der Waals surface area (Å²) < 4.78 is 0. The SMILES string of the molecule is Cc1nnc(NC(=O)c2nc(N)ccc2Cl)nc1C. The first-order chi connectivity index (χ1) is 8.97. The van der Waals surface area contributed by atoms with Crippen molar-refractivity contribution in [2.75, 3.05) is 11.1 Å². The standard InChI is InChI=1S/C11H11ClN6O/c1-5-6(2)17-18-11(14-5)16-10(19)9-7(12)3-4-8(13)15-9/h3-4H,1-2H3,(H2,13,15)(H,14,16,18,19). The third kappa shape index (κ3) is 2.94. The van der Waals surface area contributed by atoms with E-state index in [9.17, 15) is 4.79 Å². The van der Waals surface area contributed by atoms with Gasteiger partial charge in [-0.1, -0.05) is 11.6 Å². The van der Waals surface area contributed by atoms with Crippen molar-refractivity contribution in [3.63, 3.8) is 0 Å². The van der Waals surface area contributed by atoms with Crippen LogP contribution in [0.15, 0.2) is 12.1 Å². The van der Waals surface area contributed by atoms with Gasteiger partial charge in [0.05, 0.1) is 16.4 Å². The Morgan fingerprint density at radius 3 is 2.63 bits per heavy atom. The molecule has 0 saturated carbocycles. The zero-order valence-corrected chi connectivity index (χ0v) is 11.1. The van der Waals surface area contributed by atoms with Gasteiger partial charge < -0.3 is 5.73 Å². The summed E-state index contributed by atoms with van der Waals surface area (Å²) in [6.45, 7) is 3.54. The van der Waals surface area contributed by atoms with Crippen molar-refractivity contribution in [2.45, 2.75) is 13.8 Å². The molecule has 0 aliphatic heterocycles. The smallest absolute Gasteiger partial charge is 0.278 e. The minimum absolute atomic E-state index is 0.0171. The molecule has 2 heterocycles. The third-order valence-electron chi connectivity index (χ3n) is 2.40. The molecule has 0 saturated heterocycles. The molecule has 0 unspecified atom stereocenters. The monoisotopic (exact) mass is 278 g/mol. The predicted octanol–water partition coefficient (Wildman–Crippen LogP) is 1.37. The van der Waals surface area contributed by atoms with Crippen LogP contribution >= 0.6 is 11.6 Å². The first-order valence-corrected chi connectivity index (χ1v) is 5.76. The summed E-state index contributed by atoms with van der Waals surface area (Å²) in [6, 6.07) is 3.01. The molecule has 0 radical (unpaired) electrons. The van der Waals surface area contributed by atoms with Gasteiger partial charge in [-0.2, -0.15) is 5.10 Å². The summed E-state index contributed by atoms with van der Waals surface area (Å²) in [6.07, 6.45) is 0. The number of rotatable bonds is 2. The number of hydrogen-bond donors (Lipinski definition) is 2. The second-order valence-electron chi connectivity index (χ2n) is 3.83. The minimum atomic E-state index is -0.539. The molecule has 0 aliphatic carbocycles. The van der Waals surface area contributed by atoms with E-state index in [2.05, 4.69) is 25.5 Å². The van der Waals surface area contributed by atoms with Gasteiger partial charge >= 0.3 is 0 Å². The van der Waals surface area contributed by atoms with Crippen LogP contribution in [0.2, 0.25) is 5.02 Å². The van der Waals surface area contributed by atoms with Crippen molar-refractivity contribution >= 4 is 29.3 Å². The quantitative estimate of drug-likeness (QED) is 0.859. The van der Waals surface area contributed by atoms with Crippen LogP contribution in [-0.4, -0.2) is 26.1 Å². The van der Waals surface area contributed by atoms with E-state index in [4.69, 9.17) is 17.3 Å². The lowest BCUT2D eigenvalue weighted by atomic mass is 10.3. The number of carbonyl (C=O) groups is 1. The van der Waals surface area contributed by atoms with Gasteiger partial charge in [-0.05, 0) is 26.0 Å². The largest absolute Gasteiger partial charge is 0.384 e. The number of nitrogens with one attached hydrogen (secondary N) is 1. The Hall–Kier alpha value is -2.28. The van der Waals surface area contributed by atoms with E-state index in [-0.39, 0.29) is 22.5 Å². The van der Waals surface area contributed by atoms with Crippen LogP contribution in [0.1, 0.15) is 21.9 Å². The second kappa shape index (κ2) is 5.15. The fourth-order valence-corrected chi connectivity index (χ4v) is 1.48. The van der Waals surface area contributed by atoms with Gasteiger partial charge in [0.2, 0.25) is 5.95 Å². The lowest BCUT2D eigenvalue weighted by Gasteiger charge is -2.06. The minimum Gasteiger partial charge on any atom is -0.384 e. The van der Waals surface area contributed by atoms with Gasteiger partial charge in [0.15, 0.2) is 0 Å². The number of amides is 1. The molecule has 2 rings (SSSR count). The molecule has 0 bridgehead atoms. The normalized spacial score (nSPS) is 10.3. The summed E-state index contributed by atoms with van der Waals surface area (Å²) in [5.41, 5.74) is 6.90. The second-order valence-corrected chi connectivity index (χ2v) is 4.23. The molecular formula is C11H11ClN6O. The highest BCUT2D eigenvalue weighted by molar-refractivity contribution is 6.34. The Labute approximate surface area is 114 Å². The number of pyridine rings is 1. The number of hydrogen-bond acceptors (Lipinski definition) is 6. The number of anilines is 2. The van der Waals surface area contributed by atoms with Crippen LogP contribution in [0.4, 0.5) is 11.8 Å². The Kier molecular flexibility index (Phi) is 3.57. The maximum absolute atomic E-state index is 12.0. The average molecular weight is 279 g/mol. The fraction of sp³-hybridized carbons (Fsp3) is 0.182. The first kappa shape index (κ1) is 13.2. The average Bonchev–Trinajstić information content (AvgIpc) is 2.36. The maximum Gasteiger partial charge on any atom is 0.278 e. The molecule has 8 heteroatoms. The van der Waals surface area contributed by atoms with Crippen molar-refractivity contribution in [3.05, 3.63) is 34.2 Å². The van der Waals surface area contributed by atoms with Crippen molar-refractivity contribution < 1.29 is 4.79 Å². The Bertz CT molecular complexity index is 645. The highest BCUT2D eigenvalue weighted by Crippen LogP contribution is 2.16. The van der Waals surface area contributed by atoms with E-state index in [1.807, 2.05) is 0 Å². The van der Waals surface area contributed by atoms with Crippen LogP contribution in [0.3, 0.4) is 0 Å². The molecule has 2 aromatic rings. The summed E-state index contributed by atoms with van der Waals surface area (Å²) >= 11 is 5.88. The van der Waals surface area contributed by atoms with Crippen molar-refractivity contribution in [1.29, 1.82) is 0 Å². The topological polar surface area (TPSA) is 107 Å². The highest BCUT2D eigenvalue weighted by Gasteiger charge is 2.14. The lowest BCUT2D eigenvalue weighted by molar-refractivity contribution is 0.102. The molecule has 98 valence electrons. The number of aryl methyl sites for hydroxylation is 2. The highest BCUT2D eigenvalue weighted by atomic mass is 35.5. The van der Waals surface area contributed by atoms with E-state index in [1.165, 1.54) is 12.1 Å². The summed E-state index contributed by atoms with van der Waals surface area (Å²) in [7, 11) is 0. The summed E-state index contributed by atoms with van der Waals surface area (Å²) in [5, 5.41) is 10.3. The lowest BCUT2D eigenvalue weighted by Crippen LogP contribution is -2.18. The number of nitrogens with zero attached hydrogens (tertiary/aromatic N) is 4. The number of aromatic nitrogens is 4. The van der Waals surface area contributed by atoms with Crippen LogP contribution < -0.4 is 11.1 Å². The molecule has 19 heavy (non-hydrogen) atoms. The molecule has 1 amide bonds. The molecule has 3 N–H and O–H groups in total. The van der Waals surface area contributed by atoms with E-state index >= 15 is 0 Å². The molecule has 0 aromatic carbocycles. The number of carbonyl (C=O) groups excluding carboxylic acids is 1. The fourth-order valence-electron chi connectivity index (χ4n) is 1.29. The van der Waals surface area contributed by atoms with E-state index in [0.717, 1.165) is 0 Å². The maximum atomic E-state index is 12.0. The van der Waals surface area contributed by atoms with E-state index < -0.39 is 5.91 Å². The van der Waals surface area contributed by atoms with Crippen molar-refractivity contribution in [3.8, 4) is 0 Å². The Morgan fingerprint density at radius 1 is 1.21 bits per heavy atom. The van der Waals surface area contributed by atoms with E-state index in [0.29, 0.717) is 11.4 Å². The van der Waals surface area contributed by atoms with Gasteiger partial charge in [0.25, 0.3) is 5.91 Å². The van der Waals surface area contributed by atoms with Gasteiger partial charge in [0.1, 0.15) is 11.5 Å². The van der Waals surface area contributed by atoms with Crippen LogP contribution in [0, 0.1) is 13.8 Å². The van der Waals surface area contributed by atoms with Gasteiger partial charge in [-0.3, -0.25) is 10.1 Å². The summed E-state index contributed by atoms with van der Waals surface area (Å²) in [4.78, 5) is 19.9. The van der Waals surface area contributed by atoms with Gasteiger partial charge in [0, 0.05) is 0 Å². The summed E-state index contributed by atoms with van der Waals surface area (Å²) in [5.74, 6) is -0.246. The zero-order chi connectivity index (χ0) is 14.0. The van der Waals surface area contributed by atoms with Crippen molar-refractivity contribution in [2.24, 2.45) is 0 Å². The molecule has 0 atom stereocenters. The molecule has 7 nitrogen and oxygen atoms in total. The predicted molar refractivity (Wildman–Crippen MR) is 70.9 cm³/mol. The number of nitrogens with two attached hydrogens (primary N) is 1. The molecule has 2 aromatic heterocycles. The number of nitrogen functional groups attached to an aromatic ring is 1. The third-order valence-corrected chi connectivity index (χ3v) is 2.70. The molecule has 0 spiro atoms. The van der Waals surface area contributed by atoms with Crippen LogP contribution in [-0.2, 0) is 0 Å². The van der Waals surface area contributed by atoms with E-state index in [1.54, 1.807) is 13.8 Å². The van der Waals surface area contributed by atoms with Crippen LogP contribution in [0.25, 0.3) is 0 Å². The molecule has 0 fully saturated rings. The van der Waals surface area contributed by atoms with Crippen LogP contribution in [0.5, 0.6) is 0 Å². The van der Waals surface area contributed by atoms with Gasteiger partial charge in [-0.15, -0.1) is 5.10 Å². The number of halogens is 1. The first-order valence-electron chi connectivity index (χ1n) is 5.38. The van der Waals surface area contributed by atoms with Gasteiger partial charge in [-0.25, -0.2) is 9.97 Å². The Balaban J connectivity index is 2.25.